The Hall–Kier alpha value is -2.49. The van der Waals surface area contributed by atoms with Crippen LogP contribution in [0.5, 0.6) is 0 Å². The Kier molecular flexibility index (Phi) is 6.36. The van der Waals surface area contributed by atoms with Gasteiger partial charge in [-0.25, -0.2) is 13.2 Å². The van der Waals surface area contributed by atoms with Crippen molar-refractivity contribution in [1.82, 2.24) is 4.90 Å². The van der Waals surface area contributed by atoms with Gasteiger partial charge in [-0.2, -0.15) is 0 Å². The molecule has 0 radical (unpaired) electrons. The minimum Gasteiger partial charge on any atom is -0.449 e. The van der Waals surface area contributed by atoms with Gasteiger partial charge in [0.05, 0.1) is 22.0 Å². The van der Waals surface area contributed by atoms with E-state index in [2.05, 4.69) is 0 Å². The summed E-state index contributed by atoms with van der Waals surface area (Å²) in [5.41, 5.74) is -0.238. The van der Waals surface area contributed by atoms with Gasteiger partial charge in [-0.3, -0.25) is 14.9 Å². The van der Waals surface area contributed by atoms with Crippen molar-refractivity contribution in [3.63, 3.8) is 0 Å². The van der Waals surface area contributed by atoms with Gasteiger partial charge >= 0.3 is 5.97 Å². The first-order chi connectivity index (χ1) is 13.2. The van der Waals surface area contributed by atoms with Gasteiger partial charge in [-0.15, -0.1) is 0 Å². The Morgan fingerprint density at radius 1 is 1.31 bits per heavy atom. The summed E-state index contributed by atoms with van der Waals surface area (Å²) in [6, 6.07) is 3.63. The zero-order valence-electron chi connectivity index (χ0n) is 17.2. The maximum Gasteiger partial charge on any atom is 0.339 e. The van der Waals surface area contributed by atoms with Gasteiger partial charge < -0.3 is 9.64 Å². The zero-order valence-corrected chi connectivity index (χ0v) is 18.0. The fourth-order valence-corrected chi connectivity index (χ4v) is 5.04. The fraction of sp³-hybridized carbons (Fsp3) is 0.579. The number of nitro benzene ring substituents is 1. The molecule has 0 aliphatic carbocycles. The van der Waals surface area contributed by atoms with Crippen molar-refractivity contribution in [3.8, 4) is 0 Å². The molecule has 0 unspecified atom stereocenters. The van der Waals surface area contributed by atoms with E-state index in [1.165, 1.54) is 31.0 Å². The Morgan fingerprint density at radius 3 is 2.41 bits per heavy atom. The second-order valence-corrected chi connectivity index (χ2v) is 10.5. The lowest BCUT2D eigenvalue weighted by Gasteiger charge is -2.26. The number of hydrogen-bond acceptors (Lipinski definition) is 7. The Labute approximate surface area is 170 Å². The highest BCUT2D eigenvalue weighted by Gasteiger charge is 2.35. The Morgan fingerprint density at radius 2 is 1.93 bits per heavy atom. The second kappa shape index (κ2) is 8.10. The molecule has 9 nitrogen and oxygen atoms in total. The summed E-state index contributed by atoms with van der Waals surface area (Å²) < 4.78 is 28.4. The largest absolute Gasteiger partial charge is 0.449 e. The monoisotopic (exact) mass is 426 g/mol. The molecule has 1 heterocycles. The van der Waals surface area contributed by atoms with Crippen LogP contribution in [-0.2, 0) is 24.8 Å². The molecule has 160 valence electrons. The quantitative estimate of drug-likeness (QED) is 0.401. The number of esters is 1. The summed E-state index contributed by atoms with van der Waals surface area (Å²) in [4.78, 5) is 37.1. The van der Waals surface area contributed by atoms with E-state index in [4.69, 9.17) is 4.74 Å². The fourth-order valence-electron chi connectivity index (χ4n) is 3.27. The number of ether oxygens (including phenoxy) is 1. The Balaban J connectivity index is 2.14. The lowest BCUT2D eigenvalue weighted by atomic mass is 9.85. The van der Waals surface area contributed by atoms with Crippen LogP contribution in [0.1, 0.15) is 50.0 Å². The molecule has 1 aromatic rings. The highest BCUT2D eigenvalue weighted by atomic mass is 32.2. The highest BCUT2D eigenvalue weighted by molar-refractivity contribution is 7.91. The molecule has 0 N–H and O–H groups in total. The molecule has 1 fully saturated rings. The van der Waals surface area contributed by atoms with Crippen LogP contribution in [0.15, 0.2) is 18.2 Å². The maximum absolute atomic E-state index is 12.5. The summed E-state index contributed by atoms with van der Waals surface area (Å²) >= 11 is 0. The number of rotatable bonds is 5. The van der Waals surface area contributed by atoms with Crippen LogP contribution in [0.4, 0.5) is 5.69 Å². The summed E-state index contributed by atoms with van der Waals surface area (Å²) in [5, 5.41) is 11.4. The van der Waals surface area contributed by atoms with Crippen LogP contribution in [0.2, 0.25) is 0 Å². The molecule has 10 heteroatoms. The molecule has 29 heavy (non-hydrogen) atoms. The number of sulfone groups is 1. The first-order valence-electron chi connectivity index (χ1n) is 9.20. The first kappa shape index (κ1) is 22.8. The van der Waals surface area contributed by atoms with Gasteiger partial charge in [0.25, 0.3) is 11.6 Å². The third-order valence-electron chi connectivity index (χ3n) is 4.97. The van der Waals surface area contributed by atoms with Crippen LogP contribution >= 0.6 is 0 Å². The molecule has 0 spiro atoms. The van der Waals surface area contributed by atoms with E-state index >= 15 is 0 Å². The minimum atomic E-state index is -3.16. The summed E-state index contributed by atoms with van der Waals surface area (Å²) in [6.07, 6.45) is -0.816. The van der Waals surface area contributed by atoms with Crippen molar-refractivity contribution in [2.75, 3.05) is 18.6 Å². The molecule has 1 aliphatic rings. The normalized spacial score (nSPS) is 19.4. The van der Waals surface area contributed by atoms with Crippen LogP contribution in [-0.4, -0.2) is 60.8 Å². The number of benzene rings is 1. The van der Waals surface area contributed by atoms with E-state index in [0.29, 0.717) is 12.0 Å². The summed E-state index contributed by atoms with van der Waals surface area (Å²) in [6.45, 7) is 6.87. The predicted molar refractivity (Wildman–Crippen MR) is 107 cm³/mol. The molecule has 0 aromatic heterocycles. The minimum absolute atomic E-state index is 0.0211. The van der Waals surface area contributed by atoms with Crippen molar-refractivity contribution < 1.29 is 27.7 Å². The first-order valence-corrected chi connectivity index (χ1v) is 11.0. The van der Waals surface area contributed by atoms with Crippen molar-refractivity contribution in [1.29, 1.82) is 0 Å². The number of amides is 1. The third kappa shape index (κ3) is 5.31. The van der Waals surface area contributed by atoms with Crippen LogP contribution in [0, 0.1) is 10.1 Å². The highest BCUT2D eigenvalue weighted by Crippen LogP contribution is 2.32. The molecular formula is C19H26N2O7S. The van der Waals surface area contributed by atoms with E-state index in [-0.39, 0.29) is 22.8 Å². The van der Waals surface area contributed by atoms with E-state index in [1.54, 1.807) is 0 Å². The van der Waals surface area contributed by atoms with Crippen LogP contribution in [0.25, 0.3) is 0 Å². The van der Waals surface area contributed by atoms with Crippen molar-refractivity contribution >= 4 is 27.4 Å². The van der Waals surface area contributed by atoms with Gasteiger partial charge in [0.1, 0.15) is 0 Å². The molecular weight excluding hydrogens is 400 g/mol. The smallest absolute Gasteiger partial charge is 0.339 e. The van der Waals surface area contributed by atoms with E-state index in [9.17, 15) is 28.1 Å². The van der Waals surface area contributed by atoms with Crippen molar-refractivity contribution in [2.24, 2.45) is 0 Å². The molecule has 1 aliphatic heterocycles. The van der Waals surface area contributed by atoms with Crippen LogP contribution in [0.3, 0.4) is 0 Å². The number of nitrogens with zero attached hydrogens (tertiary/aromatic N) is 2. The predicted octanol–water partition coefficient (Wildman–Crippen LogP) is 2.08. The topological polar surface area (TPSA) is 124 Å². The molecule has 0 bridgehead atoms. The number of hydrogen-bond donors (Lipinski definition) is 0. The third-order valence-corrected chi connectivity index (χ3v) is 6.72. The van der Waals surface area contributed by atoms with E-state index in [0.717, 1.165) is 6.07 Å². The molecule has 0 saturated carbocycles. The number of carbonyl (C=O) groups excluding carboxylic acids is 2. The van der Waals surface area contributed by atoms with Gasteiger partial charge in [-0.1, -0.05) is 26.8 Å². The van der Waals surface area contributed by atoms with Gasteiger partial charge in [0.2, 0.25) is 0 Å². The van der Waals surface area contributed by atoms with Crippen LogP contribution < -0.4 is 0 Å². The lowest BCUT2D eigenvalue weighted by Crippen LogP contribution is -2.44. The average Bonchev–Trinajstić information content (AvgIpc) is 2.98. The number of carbonyl (C=O) groups is 2. The molecule has 2 atom stereocenters. The number of nitro groups is 1. The molecule has 1 aromatic carbocycles. The molecule has 1 saturated heterocycles. The second-order valence-electron chi connectivity index (χ2n) is 8.29. The summed E-state index contributed by atoms with van der Waals surface area (Å²) in [7, 11) is -1.69. The van der Waals surface area contributed by atoms with Gasteiger partial charge in [-0.05, 0) is 24.8 Å². The Bertz CT molecular complexity index is 934. The average molecular weight is 426 g/mol. The maximum atomic E-state index is 12.5. The van der Waals surface area contributed by atoms with Gasteiger partial charge in [0, 0.05) is 24.7 Å². The molecule has 2 rings (SSSR count). The molecule has 1 amide bonds. The lowest BCUT2D eigenvalue weighted by molar-refractivity contribution is -0.386. The van der Waals surface area contributed by atoms with Gasteiger partial charge in [0.15, 0.2) is 15.9 Å². The zero-order chi connectivity index (χ0) is 22.1. The van der Waals surface area contributed by atoms with Crippen molar-refractivity contribution in [3.05, 3.63) is 39.4 Å². The van der Waals surface area contributed by atoms with E-state index < -0.39 is 44.2 Å². The summed E-state index contributed by atoms with van der Waals surface area (Å²) in [5.74, 6) is -1.48. The van der Waals surface area contributed by atoms with Crippen molar-refractivity contribution in [2.45, 2.75) is 51.7 Å². The van der Waals surface area contributed by atoms with E-state index in [1.807, 2.05) is 20.8 Å². The SMILES string of the molecule is C[C@@H](OC(=O)c1ccc(C(C)(C)C)c([N+](=O)[O-])c1)C(=O)N(C)[C@H]1CCS(=O)(=O)C1. The standard InChI is InChI=1S/C19H26N2O7S/c1-12(17(22)20(5)14-8-9-29(26,27)11-14)28-18(23)13-6-7-15(19(2,3)4)16(10-13)21(24)25/h6-7,10,12,14H,8-9,11H2,1-5H3/t12-,14+/m1/s1. The number of likely N-dealkylation sites (N-methyl/N-ethyl adjacent to an activating group) is 1.